The zero-order valence-corrected chi connectivity index (χ0v) is 9.92. The second-order valence-corrected chi connectivity index (χ2v) is 3.90. The minimum absolute atomic E-state index is 0.0712. The molecule has 1 atom stereocenters. The second kappa shape index (κ2) is 5.26. The van der Waals surface area contributed by atoms with Crippen LogP contribution in [-0.2, 0) is 0 Å². The van der Waals surface area contributed by atoms with Crippen molar-refractivity contribution in [2.45, 2.75) is 32.7 Å². The van der Waals surface area contributed by atoms with Crippen molar-refractivity contribution in [3.63, 3.8) is 0 Å². The van der Waals surface area contributed by atoms with Gasteiger partial charge in [0, 0.05) is 13.1 Å². The molecule has 84 valence electrons. The van der Waals surface area contributed by atoms with Gasteiger partial charge in [-0.25, -0.2) is 9.37 Å². The van der Waals surface area contributed by atoms with E-state index >= 15 is 0 Å². The molecule has 0 saturated carbocycles. The fourth-order valence-corrected chi connectivity index (χ4v) is 1.53. The zero-order chi connectivity index (χ0) is 11.4. The van der Waals surface area contributed by atoms with Gasteiger partial charge in [0.15, 0.2) is 11.6 Å². The van der Waals surface area contributed by atoms with Crippen LogP contribution in [0.4, 0.5) is 10.2 Å². The highest BCUT2D eigenvalue weighted by Gasteiger charge is 2.15. The molecule has 15 heavy (non-hydrogen) atoms. The van der Waals surface area contributed by atoms with E-state index in [1.165, 1.54) is 0 Å². The van der Waals surface area contributed by atoms with Crippen LogP contribution in [0.3, 0.4) is 0 Å². The fourth-order valence-electron chi connectivity index (χ4n) is 1.40. The quantitative estimate of drug-likeness (QED) is 0.747. The first-order valence-electron chi connectivity index (χ1n) is 4.97. The topological polar surface area (TPSA) is 29.0 Å². The third-order valence-corrected chi connectivity index (χ3v) is 2.58. The van der Waals surface area contributed by atoms with E-state index in [0.717, 1.165) is 19.0 Å². The molecule has 0 aromatic carbocycles. The molecule has 0 saturated heterocycles. The van der Waals surface area contributed by atoms with Gasteiger partial charge in [-0.3, -0.25) is 0 Å². The first kappa shape index (κ1) is 12.2. The number of rotatable bonds is 4. The maximum absolute atomic E-state index is 13.4. The van der Waals surface area contributed by atoms with Gasteiger partial charge in [0.25, 0.3) is 0 Å². The van der Waals surface area contributed by atoms with Crippen molar-refractivity contribution >= 4 is 17.4 Å². The van der Waals surface area contributed by atoms with Crippen LogP contribution in [0.2, 0.25) is 5.28 Å². The number of hydrogen-bond donors (Lipinski definition) is 0. The molecule has 1 aromatic rings. The molecule has 5 heteroatoms. The Morgan fingerprint density at radius 1 is 1.60 bits per heavy atom. The fraction of sp³-hybridized carbons (Fsp3) is 0.600. The Kier molecular flexibility index (Phi) is 4.27. The first-order valence-corrected chi connectivity index (χ1v) is 5.35. The van der Waals surface area contributed by atoms with Crippen LogP contribution < -0.4 is 4.90 Å². The molecule has 0 aliphatic rings. The molecule has 0 fully saturated rings. The Morgan fingerprint density at radius 3 is 2.87 bits per heavy atom. The van der Waals surface area contributed by atoms with Gasteiger partial charge in [-0.2, -0.15) is 4.98 Å². The lowest BCUT2D eigenvalue weighted by atomic mass is 10.2. The van der Waals surface area contributed by atoms with E-state index in [4.69, 9.17) is 11.6 Å². The van der Waals surface area contributed by atoms with E-state index in [0.29, 0.717) is 0 Å². The van der Waals surface area contributed by atoms with Gasteiger partial charge in [-0.05, 0) is 24.9 Å². The maximum atomic E-state index is 13.4. The van der Waals surface area contributed by atoms with Crippen LogP contribution >= 0.6 is 11.6 Å². The average molecular weight is 232 g/mol. The molecular formula is C10H15ClFN3. The highest BCUT2D eigenvalue weighted by molar-refractivity contribution is 6.28. The monoisotopic (exact) mass is 231 g/mol. The summed E-state index contributed by atoms with van der Waals surface area (Å²) in [4.78, 5) is 9.25. The van der Waals surface area contributed by atoms with Gasteiger partial charge >= 0.3 is 0 Å². The first-order chi connectivity index (χ1) is 7.06. The molecule has 0 aliphatic carbocycles. The Bertz CT molecular complexity index is 332. The Hall–Kier alpha value is -0.900. The number of anilines is 1. The largest absolute Gasteiger partial charge is 0.354 e. The van der Waals surface area contributed by atoms with Gasteiger partial charge in [0.2, 0.25) is 5.28 Å². The Balaban J connectivity index is 2.89. The molecule has 1 heterocycles. The van der Waals surface area contributed by atoms with Crippen molar-refractivity contribution in [3.05, 3.63) is 17.3 Å². The van der Waals surface area contributed by atoms with Crippen LogP contribution in [0.5, 0.6) is 0 Å². The number of halogens is 2. The lowest BCUT2D eigenvalue weighted by Crippen LogP contribution is -2.30. The summed E-state index contributed by atoms with van der Waals surface area (Å²) < 4.78 is 13.4. The van der Waals surface area contributed by atoms with Crippen molar-refractivity contribution in [1.82, 2.24) is 9.97 Å². The lowest BCUT2D eigenvalue weighted by molar-refractivity contribution is 0.569. The standard InChI is InChI=1S/C10H15ClFN3/c1-4-5-7(2)15(3)9-8(12)6-13-10(11)14-9/h6-7H,4-5H2,1-3H3. The third kappa shape index (κ3) is 3.02. The van der Waals surface area contributed by atoms with Gasteiger partial charge in [0.1, 0.15) is 0 Å². The summed E-state index contributed by atoms with van der Waals surface area (Å²) in [6.45, 7) is 4.12. The molecule has 0 radical (unpaired) electrons. The van der Waals surface area contributed by atoms with Crippen molar-refractivity contribution in [2.24, 2.45) is 0 Å². The average Bonchev–Trinajstić information content (AvgIpc) is 2.21. The Labute approximate surface area is 94.3 Å². The second-order valence-electron chi connectivity index (χ2n) is 3.56. The van der Waals surface area contributed by atoms with Gasteiger partial charge in [-0.1, -0.05) is 13.3 Å². The van der Waals surface area contributed by atoms with E-state index < -0.39 is 5.82 Å². The summed E-state index contributed by atoms with van der Waals surface area (Å²) in [5.74, 6) is -0.180. The maximum Gasteiger partial charge on any atom is 0.224 e. The van der Waals surface area contributed by atoms with Crippen LogP contribution in [0.15, 0.2) is 6.20 Å². The summed E-state index contributed by atoms with van der Waals surface area (Å²) in [6.07, 6.45) is 3.13. The SMILES string of the molecule is CCCC(C)N(C)c1nc(Cl)ncc1F. The molecule has 3 nitrogen and oxygen atoms in total. The molecule has 0 N–H and O–H groups in total. The van der Waals surface area contributed by atoms with Crippen molar-refractivity contribution in [1.29, 1.82) is 0 Å². The number of nitrogens with zero attached hydrogens (tertiary/aromatic N) is 3. The molecule has 0 spiro atoms. The minimum Gasteiger partial charge on any atom is -0.354 e. The predicted octanol–water partition coefficient (Wildman–Crippen LogP) is 2.89. The van der Waals surface area contributed by atoms with Crippen LogP contribution in [0.1, 0.15) is 26.7 Å². The molecule has 1 rings (SSSR count). The minimum atomic E-state index is -0.440. The zero-order valence-electron chi connectivity index (χ0n) is 9.17. The summed E-state index contributed by atoms with van der Waals surface area (Å²) in [5.41, 5.74) is 0. The van der Waals surface area contributed by atoms with Crippen molar-refractivity contribution in [2.75, 3.05) is 11.9 Å². The predicted molar refractivity (Wildman–Crippen MR) is 59.8 cm³/mol. The Morgan fingerprint density at radius 2 is 2.27 bits per heavy atom. The lowest BCUT2D eigenvalue weighted by Gasteiger charge is -2.25. The van der Waals surface area contributed by atoms with Gasteiger partial charge in [-0.15, -0.1) is 0 Å². The molecule has 0 bridgehead atoms. The summed E-state index contributed by atoms with van der Waals surface area (Å²) >= 11 is 5.63. The molecule has 0 aliphatic heterocycles. The summed E-state index contributed by atoms with van der Waals surface area (Å²) in [5, 5.41) is 0.0712. The van der Waals surface area contributed by atoms with Crippen molar-refractivity contribution in [3.8, 4) is 0 Å². The smallest absolute Gasteiger partial charge is 0.224 e. The van der Waals surface area contributed by atoms with Gasteiger partial charge in [0.05, 0.1) is 6.20 Å². The van der Waals surface area contributed by atoms with E-state index in [9.17, 15) is 4.39 Å². The number of aromatic nitrogens is 2. The molecule has 1 unspecified atom stereocenters. The van der Waals surface area contributed by atoms with E-state index in [1.54, 1.807) is 4.90 Å². The molecule has 0 amide bonds. The highest BCUT2D eigenvalue weighted by Crippen LogP contribution is 2.19. The van der Waals surface area contributed by atoms with E-state index in [-0.39, 0.29) is 17.1 Å². The summed E-state index contributed by atoms with van der Waals surface area (Å²) in [7, 11) is 1.81. The number of hydrogen-bond acceptors (Lipinski definition) is 3. The summed E-state index contributed by atoms with van der Waals surface area (Å²) in [6, 6.07) is 0.232. The van der Waals surface area contributed by atoms with Crippen LogP contribution in [0.25, 0.3) is 0 Å². The third-order valence-electron chi connectivity index (χ3n) is 2.40. The van der Waals surface area contributed by atoms with E-state index in [2.05, 4.69) is 16.9 Å². The normalized spacial score (nSPS) is 12.6. The highest BCUT2D eigenvalue weighted by atomic mass is 35.5. The van der Waals surface area contributed by atoms with Gasteiger partial charge < -0.3 is 4.90 Å². The van der Waals surface area contributed by atoms with Crippen LogP contribution in [-0.4, -0.2) is 23.1 Å². The van der Waals surface area contributed by atoms with Crippen molar-refractivity contribution < 1.29 is 4.39 Å². The molecule has 1 aromatic heterocycles. The molecular weight excluding hydrogens is 217 g/mol. The van der Waals surface area contributed by atoms with E-state index in [1.807, 2.05) is 14.0 Å². The van der Waals surface area contributed by atoms with Crippen LogP contribution in [0, 0.1) is 5.82 Å².